The van der Waals surface area contributed by atoms with Crippen molar-refractivity contribution in [3.63, 3.8) is 0 Å². The minimum absolute atomic E-state index is 0.0471. The van der Waals surface area contributed by atoms with Gasteiger partial charge in [0.15, 0.2) is 17.3 Å². The molecular weight excluding hydrogens is 347 g/mol. The fourth-order valence-corrected chi connectivity index (χ4v) is 2.40. The van der Waals surface area contributed by atoms with Crippen LogP contribution < -0.4 is 10.6 Å². The Morgan fingerprint density at radius 3 is 2.30 bits per heavy atom. The van der Waals surface area contributed by atoms with Crippen molar-refractivity contribution in [1.29, 1.82) is 0 Å². The van der Waals surface area contributed by atoms with Crippen molar-refractivity contribution < 1.29 is 14.0 Å². The molecule has 0 aliphatic carbocycles. The third-order valence-corrected chi connectivity index (χ3v) is 3.84. The molecule has 3 aromatic rings. The van der Waals surface area contributed by atoms with Gasteiger partial charge in [0, 0.05) is 30.2 Å². The Labute approximate surface area is 155 Å². The molecule has 0 saturated carbocycles. The Hall–Kier alpha value is -3.61. The third kappa shape index (κ3) is 4.72. The highest BCUT2D eigenvalue weighted by Crippen LogP contribution is 2.15. The lowest BCUT2D eigenvalue weighted by atomic mass is 10.1. The van der Waals surface area contributed by atoms with Crippen LogP contribution in [-0.4, -0.2) is 21.7 Å². The van der Waals surface area contributed by atoms with Crippen LogP contribution in [0.4, 0.5) is 15.9 Å². The summed E-state index contributed by atoms with van der Waals surface area (Å²) in [5.74, 6) is -0.469. The molecule has 136 valence electrons. The number of ketones is 1. The van der Waals surface area contributed by atoms with Crippen LogP contribution in [-0.2, 0) is 6.54 Å². The first-order valence-corrected chi connectivity index (χ1v) is 8.24. The number of aromatic nitrogens is 2. The molecule has 0 unspecified atom stereocenters. The second-order valence-electron chi connectivity index (χ2n) is 5.82. The molecule has 2 aromatic carbocycles. The van der Waals surface area contributed by atoms with E-state index >= 15 is 0 Å². The van der Waals surface area contributed by atoms with Gasteiger partial charge in [-0.1, -0.05) is 12.1 Å². The Balaban J connectivity index is 1.71. The lowest BCUT2D eigenvalue weighted by molar-refractivity contribution is 0.101. The highest BCUT2D eigenvalue weighted by atomic mass is 19.1. The highest BCUT2D eigenvalue weighted by Gasteiger charge is 2.14. The van der Waals surface area contributed by atoms with Crippen molar-refractivity contribution in [3.8, 4) is 0 Å². The number of nitrogens with zero attached hydrogens (tertiary/aromatic N) is 2. The molecular formula is C20H17FN4O2. The molecule has 0 bridgehead atoms. The van der Waals surface area contributed by atoms with Crippen LogP contribution in [0.5, 0.6) is 0 Å². The van der Waals surface area contributed by atoms with Crippen LogP contribution in [0.3, 0.4) is 0 Å². The van der Waals surface area contributed by atoms with E-state index in [4.69, 9.17) is 0 Å². The lowest BCUT2D eigenvalue weighted by Crippen LogP contribution is -2.17. The number of benzene rings is 2. The molecule has 1 amide bonds. The number of nitrogens with one attached hydrogen (secondary N) is 2. The van der Waals surface area contributed by atoms with Gasteiger partial charge in [-0.05, 0) is 48.9 Å². The van der Waals surface area contributed by atoms with E-state index < -0.39 is 5.91 Å². The summed E-state index contributed by atoms with van der Waals surface area (Å²) in [4.78, 5) is 32.1. The number of carbonyl (C=O) groups excluding carboxylic acids is 2. The smallest absolute Gasteiger partial charge is 0.278 e. The van der Waals surface area contributed by atoms with E-state index in [9.17, 15) is 14.0 Å². The standard InChI is InChI=1S/C20H17FN4O2/c1-13(26)15-4-8-17(9-5-15)25-20(27)18-19(23-11-10-22-18)24-12-14-2-6-16(21)7-3-14/h2-11H,12H2,1H3,(H,23,24)(H,25,27). The quantitative estimate of drug-likeness (QED) is 0.652. The Kier molecular flexibility index (Phi) is 5.51. The van der Waals surface area contributed by atoms with Crippen molar-refractivity contribution in [2.45, 2.75) is 13.5 Å². The average Bonchev–Trinajstić information content (AvgIpc) is 2.68. The van der Waals surface area contributed by atoms with Crippen molar-refractivity contribution in [2.75, 3.05) is 10.6 Å². The number of halogens is 1. The fourth-order valence-electron chi connectivity index (χ4n) is 2.40. The summed E-state index contributed by atoms with van der Waals surface area (Å²) in [6, 6.07) is 12.6. The summed E-state index contributed by atoms with van der Waals surface area (Å²) in [5.41, 5.74) is 2.08. The molecule has 7 heteroatoms. The van der Waals surface area contributed by atoms with Gasteiger partial charge in [-0.25, -0.2) is 14.4 Å². The summed E-state index contributed by atoms with van der Waals surface area (Å²) in [6.45, 7) is 1.85. The van der Waals surface area contributed by atoms with Crippen molar-refractivity contribution in [2.24, 2.45) is 0 Å². The van der Waals surface area contributed by atoms with Crippen LogP contribution >= 0.6 is 0 Å². The SMILES string of the molecule is CC(=O)c1ccc(NC(=O)c2nccnc2NCc2ccc(F)cc2)cc1. The summed E-state index contributed by atoms with van der Waals surface area (Å²) in [6.07, 6.45) is 2.91. The molecule has 0 atom stereocenters. The normalized spacial score (nSPS) is 10.3. The maximum atomic E-state index is 13.0. The number of carbonyl (C=O) groups is 2. The zero-order valence-electron chi connectivity index (χ0n) is 14.6. The summed E-state index contributed by atoms with van der Waals surface area (Å²) < 4.78 is 13.0. The molecule has 6 nitrogen and oxygen atoms in total. The van der Waals surface area contributed by atoms with Gasteiger partial charge < -0.3 is 10.6 Å². The minimum Gasteiger partial charge on any atom is -0.364 e. The van der Waals surface area contributed by atoms with E-state index in [1.54, 1.807) is 36.4 Å². The van der Waals surface area contributed by atoms with Crippen molar-refractivity contribution in [1.82, 2.24) is 9.97 Å². The number of Topliss-reactive ketones (excluding diaryl/α,β-unsaturated/α-hetero) is 1. The Morgan fingerprint density at radius 1 is 0.963 bits per heavy atom. The van der Waals surface area contributed by atoms with Gasteiger partial charge in [-0.3, -0.25) is 9.59 Å². The van der Waals surface area contributed by atoms with Crippen molar-refractivity contribution in [3.05, 3.63) is 83.6 Å². The van der Waals surface area contributed by atoms with Crippen LogP contribution in [0.15, 0.2) is 60.9 Å². The predicted molar refractivity (Wildman–Crippen MR) is 100 cm³/mol. The monoisotopic (exact) mass is 364 g/mol. The Morgan fingerprint density at radius 2 is 1.63 bits per heavy atom. The zero-order valence-corrected chi connectivity index (χ0v) is 14.6. The van der Waals surface area contributed by atoms with Crippen LogP contribution in [0.1, 0.15) is 33.3 Å². The molecule has 2 N–H and O–H groups in total. The van der Waals surface area contributed by atoms with Crippen LogP contribution in [0, 0.1) is 5.82 Å². The summed E-state index contributed by atoms with van der Waals surface area (Å²) in [5, 5.41) is 5.77. The van der Waals surface area contributed by atoms with Gasteiger partial charge in [0.05, 0.1) is 0 Å². The molecule has 1 aromatic heterocycles. The van der Waals surface area contributed by atoms with E-state index in [1.165, 1.54) is 31.5 Å². The fraction of sp³-hybridized carbons (Fsp3) is 0.100. The predicted octanol–water partition coefficient (Wildman–Crippen LogP) is 3.68. The van der Waals surface area contributed by atoms with E-state index in [-0.39, 0.29) is 17.3 Å². The second-order valence-corrected chi connectivity index (χ2v) is 5.82. The van der Waals surface area contributed by atoms with Gasteiger partial charge >= 0.3 is 0 Å². The zero-order chi connectivity index (χ0) is 19.2. The van der Waals surface area contributed by atoms with Gasteiger partial charge in [0.1, 0.15) is 5.82 Å². The summed E-state index contributed by atoms with van der Waals surface area (Å²) in [7, 11) is 0. The second kappa shape index (κ2) is 8.18. The maximum absolute atomic E-state index is 13.0. The molecule has 0 aliphatic rings. The van der Waals surface area contributed by atoms with Gasteiger partial charge in [-0.15, -0.1) is 0 Å². The third-order valence-electron chi connectivity index (χ3n) is 3.84. The van der Waals surface area contributed by atoms with E-state index in [0.29, 0.717) is 23.6 Å². The first-order chi connectivity index (χ1) is 13.0. The lowest BCUT2D eigenvalue weighted by Gasteiger charge is -2.10. The van der Waals surface area contributed by atoms with E-state index in [1.807, 2.05) is 0 Å². The Bertz CT molecular complexity index is 956. The summed E-state index contributed by atoms with van der Waals surface area (Å²) >= 11 is 0. The molecule has 0 aliphatic heterocycles. The molecule has 27 heavy (non-hydrogen) atoms. The largest absolute Gasteiger partial charge is 0.364 e. The molecule has 0 spiro atoms. The van der Waals surface area contributed by atoms with E-state index in [2.05, 4.69) is 20.6 Å². The number of amides is 1. The molecule has 0 saturated heterocycles. The van der Waals surface area contributed by atoms with Crippen LogP contribution in [0.2, 0.25) is 0 Å². The minimum atomic E-state index is -0.430. The van der Waals surface area contributed by atoms with Crippen molar-refractivity contribution >= 4 is 23.2 Å². The molecule has 1 heterocycles. The topological polar surface area (TPSA) is 84.0 Å². The molecule has 0 radical (unpaired) electrons. The number of hydrogen-bond acceptors (Lipinski definition) is 5. The molecule has 3 rings (SSSR count). The maximum Gasteiger partial charge on any atom is 0.278 e. The average molecular weight is 364 g/mol. The van der Waals surface area contributed by atoms with Crippen LogP contribution in [0.25, 0.3) is 0 Å². The van der Waals surface area contributed by atoms with Gasteiger partial charge in [-0.2, -0.15) is 0 Å². The van der Waals surface area contributed by atoms with Gasteiger partial charge in [0.25, 0.3) is 5.91 Å². The number of hydrogen-bond donors (Lipinski definition) is 2. The first kappa shape index (κ1) is 18.2. The molecule has 0 fully saturated rings. The van der Waals surface area contributed by atoms with Gasteiger partial charge in [0.2, 0.25) is 0 Å². The number of anilines is 2. The first-order valence-electron chi connectivity index (χ1n) is 8.24. The highest BCUT2D eigenvalue weighted by molar-refractivity contribution is 6.06. The number of rotatable bonds is 6. The van der Waals surface area contributed by atoms with E-state index in [0.717, 1.165) is 5.56 Å².